The van der Waals surface area contributed by atoms with Gasteiger partial charge in [-0.05, 0) is 50.2 Å². The molecule has 32 heavy (non-hydrogen) atoms. The third-order valence-electron chi connectivity index (χ3n) is 4.82. The highest BCUT2D eigenvalue weighted by Crippen LogP contribution is 2.32. The zero-order valence-corrected chi connectivity index (χ0v) is 18.9. The molecule has 2 heterocycles. The molecule has 0 atom stereocenters. The number of aryl methyl sites for hydroxylation is 1. The molecule has 0 fully saturated rings. The van der Waals surface area contributed by atoms with Crippen molar-refractivity contribution < 1.29 is 14.3 Å². The lowest BCUT2D eigenvalue weighted by atomic mass is 10.2. The van der Waals surface area contributed by atoms with Crippen LogP contribution in [0.15, 0.2) is 58.7 Å². The maximum absolute atomic E-state index is 12.4. The molecular weight excluding hydrogens is 428 g/mol. The highest BCUT2D eigenvalue weighted by molar-refractivity contribution is 7.99. The molecule has 0 saturated carbocycles. The van der Waals surface area contributed by atoms with Gasteiger partial charge in [0.25, 0.3) is 5.78 Å². The molecule has 4 rings (SSSR count). The number of nitrogens with one attached hydrogen (secondary N) is 2. The van der Waals surface area contributed by atoms with Gasteiger partial charge in [-0.15, -0.1) is 0 Å². The van der Waals surface area contributed by atoms with Crippen molar-refractivity contribution >= 4 is 34.9 Å². The van der Waals surface area contributed by atoms with Gasteiger partial charge in [0.15, 0.2) is 11.5 Å². The smallest absolute Gasteiger partial charge is 0.323 e. The average Bonchev–Trinajstić information content (AvgIpc) is 3.26. The van der Waals surface area contributed by atoms with Crippen LogP contribution < -0.4 is 20.1 Å². The molecule has 9 nitrogen and oxygen atoms in total. The summed E-state index contributed by atoms with van der Waals surface area (Å²) in [4.78, 5) is 22.0. The van der Waals surface area contributed by atoms with Crippen LogP contribution in [0, 0.1) is 13.8 Å². The minimum absolute atomic E-state index is 0.359. The number of ether oxygens (including phenoxy) is 2. The molecule has 0 radical (unpaired) electrons. The SMILES string of the molecule is COc1ccc(NC(=O)Nc2ccc(Sc3c(C)c(C)nc4ncnn34)cc2)cc1OC. The maximum atomic E-state index is 12.4. The Bertz CT molecular complexity index is 1270. The summed E-state index contributed by atoms with van der Waals surface area (Å²) in [5.41, 5.74) is 3.22. The van der Waals surface area contributed by atoms with Gasteiger partial charge in [-0.2, -0.15) is 14.6 Å². The molecule has 2 amide bonds. The fraction of sp³-hybridized carbons (Fsp3) is 0.182. The number of rotatable bonds is 6. The van der Waals surface area contributed by atoms with E-state index in [9.17, 15) is 4.79 Å². The molecule has 2 N–H and O–H groups in total. The molecular formula is C22H22N6O3S. The van der Waals surface area contributed by atoms with E-state index >= 15 is 0 Å². The van der Waals surface area contributed by atoms with Crippen molar-refractivity contribution in [3.8, 4) is 11.5 Å². The van der Waals surface area contributed by atoms with Crippen LogP contribution in [-0.2, 0) is 0 Å². The van der Waals surface area contributed by atoms with Gasteiger partial charge < -0.3 is 20.1 Å². The summed E-state index contributed by atoms with van der Waals surface area (Å²) in [7, 11) is 3.11. The van der Waals surface area contributed by atoms with Gasteiger partial charge in [0, 0.05) is 33.6 Å². The van der Waals surface area contributed by atoms with Crippen molar-refractivity contribution in [2.45, 2.75) is 23.8 Å². The van der Waals surface area contributed by atoms with E-state index < -0.39 is 0 Å². The van der Waals surface area contributed by atoms with Crippen molar-refractivity contribution in [2.24, 2.45) is 0 Å². The van der Waals surface area contributed by atoms with Crippen molar-refractivity contribution in [1.29, 1.82) is 0 Å². The molecule has 0 bridgehead atoms. The second kappa shape index (κ2) is 9.15. The van der Waals surface area contributed by atoms with E-state index in [1.807, 2.05) is 38.1 Å². The Balaban J connectivity index is 1.44. The standard InChI is InChI=1S/C22H22N6O3S/c1-13-14(2)25-21-23-12-24-28(21)20(13)32-17-8-5-15(6-9-17)26-22(29)27-16-7-10-18(30-3)19(11-16)31-4/h5-12H,1-4H3,(H2,26,27,29). The van der Waals surface area contributed by atoms with Crippen LogP contribution >= 0.6 is 11.8 Å². The quantitative estimate of drug-likeness (QED) is 0.415. The highest BCUT2D eigenvalue weighted by atomic mass is 32.2. The molecule has 0 aliphatic carbocycles. The summed E-state index contributed by atoms with van der Waals surface area (Å²) < 4.78 is 12.2. The van der Waals surface area contributed by atoms with Gasteiger partial charge in [-0.25, -0.2) is 9.78 Å². The Morgan fingerprint density at radius 3 is 2.38 bits per heavy atom. The summed E-state index contributed by atoms with van der Waals surface area (Å²) in [6.07, 6.45) is 1.50. The third-order valence-corrected chi connectivity index (χ3v) is 6.00. The van der Waals surface area contributed by atoms with E-state index in [-0.39, 0.29) is 6.03 Å². The van der Waals surface area contributed by atoms with Crippen molar-refractivity contribution in [1.82, 2.24) is 19.6 Å². The Hall–Kier alpha value is -3.79. The van der Waals surface area contributed by atoms with Crippen molar-refractivity contribution in [2.75, 3.05) is 24.9 Å². The van der Waals surface area contributed by atoms with Crippen LogP contribution in [0.3, 0.4) is 0 Å². The van der Waals surface area contributed by atoms with E-state index in [0.29, 0.717) is 28.7 Å². The summed E-state index contributed by atoms with van der Waals surface area (Å²) in [5, 5.41) is 10.8. The summed E-state index contributed by atoms with van der Waals surface area (Å²) in [5.74, 6) is 1.70. The number of nitrogens with zero attached hydrogens (tertiary/aromatic N) is 4. The zero-order valence-electron chi connectivity index (χ0n) is 18.0. The number of hydrogen-bond donors (Lipinski definition) is 2. The van der Waals surface area contributed by atoms with E-state index in [4.69, 9.17) is 9.47 Å². The second-order valence-corrected chi connectivity index (χ2v) is 7.94. The summed E-state index contributed by atoms with van der Waals surface area (Å²) in [6.45, 7) is 3.97. The molecule has 4 aromatic rings. The number of amides is 2. The zero-order chi connectivity index (χ0) is 22.7. The largest absolute Gasteiger partial charge is 0.493 e. The summed E-state index contributed by atoms with van der Waals surface area (Å²) >= 11 is 1.57. The molecule has 0 aliphatic heterocycles. The fourth-order valence-electron chi connectivity index (χ4n) is 3.05. The van der Waals surface area contributed by atoms with Crippen LogP contribution in [0.4, 0.5) is 16.2 Å². The molecule has 0 spiro atoms. The maximum Gasteiger partial charge on any atom is 0.323 e. The van der Waals surface area contributed by atoms with Crippen LogP contribution in [0.25, 0.3) is 5.78 Å². The molecule has 2 aromatic heterocycles. The first-order chi connectivity index (χ1) is 15.5. The van der Waals surface area contributed by atoms with Gasteiger partial charge in [0.2, 0.25) is 0 Å². The number of fused-ring (bicyclic) bond motifs is 1. The predicted molar refractivity (Wildman–Crippen MR) is 123 cm³/mol. The first-order valence-corrected chi connectivity index (χ1v) is 10.5. The molecule has 0 saturated heterocycles. The number of carbonyl (C=O) groups excluding carboxylic acids is 1. The third kappa shape index (κ3) is 4.45. The number of hydrogen-bond acceptors (Lipinski definition) is 7. The highest BCUT2D eigenvalue weighted by Gasteiger charge is 2.13. The normalized spacial score (nSPS) is 10.8. The first kappa shape index (κ1) is 21.4. The van der Waals surface area contributed by atoms with Gasteiger partial charge in [-0.1, -0.05) is 11.8 Å². The van der Waals surface area contributed by atoms with Gasteiger partial charge in [0.1, 0.15) is 11.4 Å². The lowest BCUT2D eigenvalue weighted by Gasteiger charge is -2.12. The van der Waals surface area contributed by atoms with E-state index in [2.05, 4.69) is 25.7 Å². The monoisotopic (exact) mass is 450 g/mol. The Labute approximate surface area is 189 Å². The number of carbonyl (C=O) groups is 1. The average molecular weight is 451 g/mol. The van der Waals surface area contributed by atoms with Gasteiger partial charge in [0.05, 0.1) is 14.2 Å². The van der Waals surface area contributed by atoms with Crippen molar-refractivity contribution in [3.63, 3.8) is 0 Å². The van der Waals surface area contributed by atoms with Gasteiger partial charge in [-0.3, -0.25) is 0 Å². The predicted octanol–water partition coefficient (Wildman–Crippen LogP) is 4.55. The first-order valence-electron chi connectivity index (χ1n) is 9.73. The molecule has 2 aromatic carbocycles. The minimum Gasteiger partial charge on any atom is -0.493 e. The number of urea groups is 1. The van der Waals surface area contributed by atoms with Crippen LogP contribution in [0.5, 0.6) is 11.5 Å². The number of aromatic nitrogens is 4. The lowest BCUT2D eigenvalue weighted by molar-refractivity contribution is 0.262. The topological polar surface area (TPSA) is 103 Å². The second-order valence-electron chi connectivity index (χ2n) is 6.87. The number of benzene rings is 2. The van der Waals surface area contributed by atoms with E-state index in [1.165, 1.54) is 6.33 Å². The Kier molecular flexibility index (Phi) is 6.13. The fourth-order valence-corrected chi connectivity index (χ4v) is 4.06. The number of methoxy groups -OCH3 is 2. The van der Waals surface area contributed by atoms with Crippen LogP contribution in [0.1, 0.15) is 11.3 Å². The van der Waals surface area contributed by atoms with Crippen LogP contribution in [-0.4, -0.2) is 39.8 Å². The van der Waals surface area contributed by atoms with E-state index in [1.54, 1.807) is 48.7 Å². The molecule has 164 valence electrons. The molecule has 10 heteroatoms. The van der Waals surface area contributed by atoms with Crippen LogP contribution in [0.2, 0.25) is 0 Å². The summed E-state index contributed by atoms with van der Waals surface area (Å²) in [6, 6.07) is 12.4. The minimum atomic E-state index is -0.359. The Morgan fingerprint density at radius 2 is 1.66 bits per heavy atom. The molecule has 0 aliphatic rings. The molecule has 0 unspecified atom stereocenters. The van der Waals surface area contributed by atoms with Gasteiger partial charge >= 0.3 is 6.03 Å². The Morgan fingerprint density at radius 1 is 0.969 bits per heavy atom. The lowest BCUT2D eigenvalue weighted by Crippen LogP contribution is -2.19. The van der Waals surface area contributed by atoms with E-state index in [0.717, 1.165) is 21.2 Å². The van der Waals surface area contributed by atoms with Crippen molar-refractivity contribution in [3.05, 3.63) is 60.0 Å². The number of anilines is 2.